The van der Waals surface area contributed by atoms with Gasteiger partial charge in [0.15, 0.2) is 11.5 Å². The summed E-state index contributed by atoms with van der Waals surface area (Å²) in [6, 6.07) is 13.4. The lowest BCUT2D eigenvalue weighted by molar-refractivity contribution is -0.384. The summed E-state index contributed by atoms with van der Waals surface area (Å²) in [6.45, 7) is 4.81. The highest BCUT2D eigenvalue weighted by Crippen LogP contribution is 2.30. The Balaban J connectivity index is 2.37. The normalized spacial score (nSPS) is 10.8. The fourth-order valence-corrected chi connectivity index (χ4v) is 2.27. The van der Waals surface area contributed by atoms with E-state index < -0.39 is 4.92 Å². The van der Waals surface area contributed by atoms with E-state index in [2.05, 4.69) is 6.07 Å². The summed E-state index contributed by atoms with van der Waals surface area (Å²) < 4.78 is 11.1. The number of nitriles is 1. The van der Waals surface area contributed by atoms with Crippen LogP contribution in [0, 0.1) is 21.4 Å². The van der Waals surface area contributed by atoms with Gasteiger partial charge in [0.2, 0.25) is 0 Å². The molecule has 0 bridgehead atoms. The molecule has 128 valence electrons. The van der Waals surface area contributed by atoms with Gasteiger partial charge in [-0.05, 0) is 55.3 Å². The van der Waals surface area contributed by atoms with Crippen LogP contribution >= 0.6 is 0 Å². The van der Waals surface area contributed by atoms with Gasteiger partial charge in [0.25, 0.3) is 5.69 Å². The van der Waals surface area contributed by atoms with Gasteiger partial charge in [-0.3, -0.25) is 10.1 Å². The Hall–Kier alpha value is -3.33. The molecule has 0 N–H and O–H groups in total. The molecule has 0 saturated heterocycles. The van der Waals surface area contributed by atoms with Crippen LogP contribution in [0.3, 0.4) is 0 Å². The molecular weight excluding hydrogens is 320 g/mol. The molecule has 0 spiro atoms. The molecule has 2 aromatic rings. The number of allylic oxidation sites excluding steroid dienone is 1. The summed E-state index contributed by atoms with van der Waals surface area (Å²) in [5, 5.41) is 20.1. The minimum Gasteiger partial charge on any atom is -0.490 e. The van der Waals surface area contributed by atoms with E-state index in [9.17, 15) is 15.4 Å². The lowest BCUT2D eigenvalue weighted by atomic mass is 10.0. The van der Waals surface area contributed by atoms with Crippen molar-refractivity contribution in [1.29, 1.82) is 5.26 Å². The summed E-state index contributed by atoms with van der Waals surface area (Å²) in [6.07, 6.45) is 1.71. The first-order valence-electron chi connectivity index (χ1n) is 7.85. The van der Waals surface area contributed by atoms with E-state index in [1.54, 1.807) is 30.3 Å². The molecule has 6 nitrogen and oxygen atoms in total. The predicted molar refractivity (Wildman–Crippen MR) is 95.4 cm³/mol. The van der Waals surface area contributed by atoms with Gasteiger partial charge in [-0.15, -0.1) is 0 Å². The van der Waals surface area contributed by atoms with Gasteiger partial charge in [0.05, 0.1) is 29.8 Å². The standard InChI is InChI=1S/C19H18N2O4/c1-3-24-18-10-5-14(12-19(18)25-4-2)11-16(13-20)15-6-8-17(9-7-15)21(22)23/h5-12H,3-4H2,1-2H3/b16-11-. The largest absolute Gasteiger partial charge is 0.490 e. The predicted octanol–water partition coefficient (Wildman–Crippen LogP) is 4.46. The van der Waals surface area contributed by atoms with Gasteiger partial charge < -0.3 is 9.47 Å². The third-order valence-corrected chi connectivity index (χ3v) is 3.39. The summed E-state index contributed by atoms with van der Waals surface area (Å²) >= 11 is 0. The van der Waals surface area contributed by atoms with Crippen LogP contribution in [0.25, 0.3) is 11.6 Å². The lowest BCUT2D eigenvalue weighted by Gasteiger charge is -2.11. The van der Waals surface area contributed by atoms with Crippen molar-refractivity contribution >= 4 is 17.3 Å². The van der Waals surface area contributed by atoms with Crippen LogP contribution in [0.15, 0.2) is 42.5 Å². The van der Waals surface area contributed by atoms with Crippen LogP contribution < -0.4 is 9.47 Å². The van der Waals surface area contributed by atoms with Crippen molar-refractivity contribution in [2.45, 2.75) is 13.8 Å². The molecule has 0 saturated carbocycles. The quantitative estimate of drug-likeness (QED) is 0.322. The SMILES string of the molecule is CCOc1ccc(/C=C(/C#N)c2ccc([N+](=O)[O-])cc2)cc1OCC. The van der Waals surface area contributed by atoms with Crippen molar-refractivity contribution in [2.75, 3.05) is 13.2 Å². The molecule has 6 heteroatoms. The smallest absolute Gasteiger partial charge is 0.269 e. The zero-order chi connectivity index (χ0) is 18.2. The maximum absolute atomic E-state index is 10.7. The number of hydrogen-bond acceptors (Lipinski definition) is 5. The van der Waals surface area contributed by atoms with Crippen molar-refractivity contribution in [1.82, 2.24) is 0 Å². The van der Waals surface area contributed by atoms with E-state index in [0.29, 0.717) is 35.8 Å². The second-order valence-electron chi connectivity index (χ2n) is 5.05. The van der Waals surface area contributed by atoms with Crippen molar-refractivity contribution in [3.63, 3.8) is 0 Å². The highest BCUT2D eigenvalue weighted by molar-refractivity contribution is 5.90. The third-order valence-electron chi connectivity index (χ3n) is 3.39. The monoisotopic (exact) mass is 338 g/mol. The van der Waals surface area contributed by atoms with Crippen molar-refractivity contribution in [2.24, 2.45) is 0 Å². The fourth-order valence-electron chi connectivity index (χ4n) is 2.27. The molecule has 0 aliphatic heterocycles. The molecule has 0 radical (unpaired) electrons. The molecule has 25 heavy (non-hydrogen) atoms. The lowest BCUT2D eigenvalue weighted by Crippen LogP contribution is -1.98. The average Bonchev–Trinajstić information content (AvgIpc) is 2.62. The van der Waals surface area contributed by atoms with Gasteiger partial charge >= 0.3 is 0 Å². The topological polar surface area (TPSA) is 85.4 Å². The first-order chi connectivity index (χ1) is 12.1. The Kier molecular flexibility index (Phi) is 6.13. The summed E-state index contributed by atoms with van der Waals surface area (Å²) in [7, 11) is 0. The van der Waals surface area contributed by atoms with Crippen molar-refractivity contribution < 1.29 is 14.4 Å². The summed E-state index contributed by atoms with van der Waals surface area (Å²) in [5.74, 6) is 1.26. The van der Waals surface area contributed by atoms with Crippen molar-refractivity contribution in [3.8, 4) is 17.6 Å². The number of hydrogen-bond donors (Lipinski definition) is 0. The van der Waals surface area contributed by atoms with Gasteiger partial charge in [0, 0.05) is 12.1 Å². The molecule has 0 atom stereocenters. The Bertz CT molecular complexity index is 820. The molecule has 2 aromatic carbocycles. The zero-order valence-electron chi connectivity index (χ0n) is 14.1. The maximum Gasteiger partial charge on any atom is 0.269 e. The third kappa shape index (κ3) is 4.58. The molecule has 0 aromatic heterocycles. The Labute approximate surface area is 146 Å². The molecule has 2 rings (SSSR count). The van der Waals surface area contributed by atoms with Crippen LogP contribution in [-0.2, 0) is 0 Å². The molecule has 0 fully saturated rings. The minimum absolute atomic E-state index is 0.0132. The van der Waals surface area contributed by atoms with Gasteiger partial charge in [-0.2, -0.15) is 5.26 Å². The van der Waals surface area contributed by atoms with Crippen LogP contribution in [0.5, 0.6) is 11.5 Å². The Morgan fingerprint density at radius 2 is 1.76 bits per heavy atom. The van der Waals surface area contributed by atoms with Crippen molar-refractivity contribution in [3.05, 3.63) is 63.7 Å². The van der Waals surface area contributed by atoms with E-state index in [-0.39, 0.29) is 5.69 Å². The molecule has 0 aliphatic rings. The van der Waals surface area contributed by atoms with E-state index in [4.69, 9.17) is 9.47 Å². The second-order valence-corrected chi connectivity index (χ2v) is 5.05. The fraction of sp³-hybridized carbons (Fsp3) is 0.211. The molecular formula is C19H18N2O4. The van der Waals surface area contributed by atoms with Crippen LogP contribution in [0.2, 0.25) is 0 Å². The van der Waals surface area contributed by atoms with E-state index in [0.717, 1.165) is 5.56 Å². The molecule has 0 amide bonds. The van der Waals surface area contributed by atoms with E-state index in [1.807, 2.05) is 19.9 Å². The van der Waals surface area contributed by atoms with Gasteiger partial charge in [0.1, 0.15) is 0 Å². The van der Waals surface area contributed by atoms with E-state index in [1.165, 1.54) is 12.1 Å². The van der Waals surface area contributed by atoms with Crippen LogP contribution in [-0.4, -0.2) is 18.1 Å². The number of benzene rings is 2. The van der Waals surface area contributed by atoms with Gasteiger partial charge in [-0.25, -0.2) is 0 Å². The van der Waals surface area contributed by atoms with E-state index >= 15 is 0 Å². The first kappa shape index (κ1) is 18.0. The summed E-state index contributed by atoms with van der Waals surface area (Å²) in [5.41, 5.74) is 1.78. The minimum atomic E-state index is -0.472. The zero-order valence-corrected chi connectivity index (χ0v) is 14.1. The Morgan fingerprint density at radius 1 is 1.12 bits per heavy atom. The first-order valence-corrected chi connectivity index (χ1v) is 7.85. The molecule has 0 aliphatic carbocycles. The highest BCUT2D eigenvalue weighted by atomic mass is 16.6. The van der Waals surface area contributed by atoms with Crippen LogP contribution in [0.4, 0.5) is 5.69 Å². The number of ether oxygens (including phenoxy) is 2. The second kappa shape index (κ2) is 8.50. The maximum atomic E-state index is 10.7. The number of rotatable bonds is 7. The number of nitrogens with zero attached hydrogens (tertiary/aromatic N) is 2. The average molecular weight is 338 g/mol. The Morgan fingerprint density at radius 3 is 2.32 bits per heavy atom. The molecule has 0 heterocycles. The number of nitro groups is 1. The number of nitro benzene ring substituents is 1. The highest BCUT2D eigenvalue weighted by Gasteiger charge is 2.09. The van der Waals surface area contributed by atoms with Gasteiger partial charge in [-0.1, -0.05) is 6.07 Å². The molecule has 0 unspecified atom stereocenters. The number of non-ortho nitro benzene ring substituents is 1. The van der Waals surface area contributed by atoms with Crippen LogP contribution in [0.1, 0.15) is 25.0 Å². The summed E-state index contributed by atoms with van der Waals surface area (Å²) in [4.78, 5) is 10.3.